The zero-order chi connectivity index (χ0) is 14.5. The monoisotopic (exact) mass is 284 g/mol. The molecule has 2 aromatic heterocycles. The van der Waals surface area contributed by atoms with Crippen LogP contribution in [-0.2, 0) is 11.3 Å². The van der Waals surface area contributed by atoms with Gasteiger partial charge in [0.15, 0.2) is 11.5 Å². The van der Waals surface area contributed by atoms with Crippen LogP contribution in [0.3, 0.4) is 0 Å². The number of anilines is 1. The normalized spacial score (nSPS) is 10.6. The van der Waals surface area contributed by atoms with Gasteiger partial charge in [-0.15, -0.1) is 0 Å². The molecule has 0 saturated heterocycles. The van der Waals surface area contributed by atoms with Crippen LogP contribution in [0.5, 0.6) is 0 Å². The molecule has 10 heteroatoms. The Bertz CT molecular complexity index is 618. The van der Waals surface area contributed by atoms with E-state index in [2.05, 4.69) is 25.8 Å². The standard InChI is InChI=1S/C10H10F2N6O2/c1-20-3-2-18-10(15-16-17-18)14-9(19)8-7(12)4-6(11)5-13-8/h4-5H,2-3H2,1H3,(H,14,15,17,19). The first-order chi connectivity index (χ1) is 9.61. The van der Waals surface area contributed by atoms with Crippen LogP contribution >= 0.6 is 0 Å². The summed E-state index contributed by atoms with van der Waals surface area (Å²) in [5.41, 5.74) is -0.548. The zero-order valence-electron chi connectivity index (χ0n) is 10.4. The van der Waals surface area contributed by atoms with Gasteiger partial charge in [0.05, 0.1) is 19.3 Å². The number of nitrogens with zero attached hydrogens (tertiary/aromatic N) is 5. The number of nitrogens with one attached hydrogen (secondary N) is 1. The Hall–Kier alpha value is -2.49. The van der Waals surface area contributed by atoms with Crippen molar-refractivity contribution in [2.75, 3.05) is 19.0 Å². The van der Waals surface area contributed by atoms with Gasteiger partial charge in [0.25, 0.3) is 5.91 Å². The lowest BCUT2D eigenvalue weighted by atomic mass is 10.3. The summed E-state index contributed by atoms with van der Waals surface area (Å²) in [7, 11) is 1.50. The lowest BCUT2D eigenvalue weighted by molar-refractivity contribution is 0.101. The molecule has 20 heavy (non-hydrogen) atoms. The summed E-state index contributed by atoms with van der Waals surface area (Å²) in [6.07, 6.45) is 0.742. The molecule has 106 valence electrons. The largest absolute Gasteiger partial charge is 0.383 e. The van der Waals surface area contributed by atoms with E-state index < -0.39 is 23.2 Å². The van der Waals surface area contributed by atoms with Gasteiger partial charge in [0, 0.05) is 13.2 Å². The van der Waals surface area contributed by atoms with E-state index in [1.807, 2.05) is 0 Å². The molecule has 0 fully saturated rings. The van der Waals surface area contributed by atoms with E-state index in [0.29, 0.717) is 19.2 Å². The first kappa shape index (κ1) is 13.9. The lowest BCUT2D eigenvalue weighted by Gasteiger charge is -2.05. The number of tetrazole rings is 1. The van der Waals surface area contributed by atoms with Crippen LogP contribution in [0.25, 0.3) is 0 Å². The molecule has 0 bridgehead atoms. The fraction of sp³-hybridized carbons (Fsp3) is 0.300. The van der Waals surface area contributed by atoms with E-state index in [1.165, 1.54) is 11.8 Å². The Labute approximate surface area is 111 Å². The topological polar surface area (TPSA) is 94.8 Å². The SMILES string of the molecule is COCCn1nnnc1NC(=O)c1ncc(F)cc1F. The van der Waals surface area contributed by atoms with Crippen LogP contribution in [-0.4, -0.2) is 44.8 Å². The summed E-state index contributed by atoms with van der Waals surface area (Å²) in [5.74, 6) is -2.81. The van der Waals surface area contributed by atoms with Crippen LogP contribution in [0.4, 0.5) is 14.7 Å². The first-order valence-electron chi connectivity index (χ1n) is 5.49. The van der Waals surface area contributed by atoms with Crippen LogP contribution in [0.2, 0.25) is 0 Å². The molecule has 1 amide bonds. The smallest absolute Gasteiger partial charge is 0.279 e. The Balaban J connectivity index is 2.13. The molecule has 0 unspecified atom stereocenters. The third-order valence-electron chi connectivity index (χ3n) is 2.29. The summed E-state index contributed by atoms with van der Waals surface area (Å²) < 4.78 is 32.2. The number of ether oxygens (including phenoxy) is 1. The van der Waals surface area contributed by atoms with E-state index >= 15 is 0 Å². The van der Waals surface area contributed by atoms with Gasteiger partial charge in [-0.1, -0.05) is 5.10 Å². The molecular weight excluding hydrogens is 274 g/mol. The van der Waals surface area contributed by atoms with E-state index in [1.54, 1.807) is 0 Å². The minimum atomic E-state index is -1.07. The second-order valence-corrected chi connectivity index (χ2v) is 3.66. The average Bonchev–Trinajstić information content (AvgIpc) is 2.83. The molecule has 0 aliphatic heterocycles. The maximum atomic E-state index is 13.4. The van der Waals surface area contributed by atoms with Gasteiger partial charge in [-0.2, -0.15) is 0 Å². The first-order valence-corrected chi connectivity index (χ1v) is 5.49. The van der Waals surface area contributed by atoms with E-state index in [9.17, 15) is 13.6 Å². The molecule has 0 radical (unpaired) electrons. The van der Waals surface area contributed by atoms with Crippen molar-refractivity contribution in [2.45, 2.75) is 6.54 Å². The second kappa shape index (κ2) is 6.10. The minimum absolute atomic E-state index is 0.0116. The van der Waals surface area contributed by atoms with E-state index in [4.69, 9.17) is 4.74 Å². The summed E-state index contributed by atoms with van der Waals surface area (Å²) in [6.45, 7) is 0.634. The lowest BCUT2D eigenvalue weighted by Crippen LogP contribution is -2.20. The number of halogens is 2. The number of hydrogen-bond acceptors (Lipinski definition) is 6. The van der Waals surface area contributed by atoms with Gasteiger partial charge in [0.2, 0.25) is 5.95 Å². The number of rotatable bonds is 5. The van der Waals surface area contributed by atoms with Crippen LogP contribution in [0.15, 0.2) is 12.3 Å². The van der Waals surface area contributed by atoms with Crippen molar-refractivity contribution in [2.24, 2.45) is 0 Å². The van der Waals surface area contributed by atoms with Gasteiger partial charge < -0.3 is 4.74 Å². The highest BCUT2D eigenvalue weighted by atomic mass is 19.1. The van der Waals surface area contributed by atoms with Crippen molar-refractivity contribution in [1.29, 1.82) is 0 Å². The van der Waals surface area contributed by atoms with Crippen molar-refractivity contribution >= 4 is 11.9 Å². The summed E-state index contributed by atoms with van der Waals surface area (Å²) >= 11 is 0. The molecule has 1 N–H and O–H groups in total. The molecule has 0 saturated carbocycles. The number of aromatic nitrogens is 5. The Morgan fingerprint density at radius 3 is 3.00 bits per heavy atom. The van der Waals surface area contributed by atoms with Crippen molar-refractivity contribution in [1.82, 2.24) is 25.2 Å². The van der Waals surface area contributed by atoms with Gasteiger partial charge in [-0.05, 0) is 10.4 Å². The third kappa shape index (κ3) is 3.09. The Morgan fingerprint density at radius 2 is 2.30 bits per heavy atom. The molecule has 8 nitrogen and oxygen atoms in total. The minimum Gasteiger partial charge on any atom is -0.383 e. The van der Waals surface area contributed by atoms with Crippen molar-refractivity contribution < 1.29 is 18.3 Å². The summed E-state index contributed by atoms with van der Waals surface area (Å²) in [6, 6.07) is 0.565. The number of methoxy groups -OCH3 is 1. The third-order valence-corrected chi connectivity index (χ3v) is 2.29. The highest BCUT2D eigenvalue weighted by molar-refractivity contribution is 6.01. The van der Waals surface area contributed by atoms with Crippen molar-refractivity contribution in [3.8, 4) is 0 Å². The number of carbonyl (C=O) groups is 1. The molecule has 0 spiro atoms. The van der Waals surface area contributed by atoms with Gasteiger partial charge in [-0.3, -0.25) is 10.1 Å². The summed E-state index contributed by atoms with van der Waals surface area (Å²) in [5, 5.41) is 12.9. The number of amides is 1. The summed E-state index contributed by atoms with van der Waals surface area (Å²) in [4.78, 5) is 15.2. The maximum Gasteiger partial charge on any atom is 0.279 e. The fourth-order valence-corrected chi connectivity index (χ4v) is 1.36. The fourth-order valence-electron chi connectivity index (χ4n) is 1.36. The number of hydrogen-bond donors (Lipinski definition) is 1. The van der Waals surface area contributed by atoms with Crippen LogP contribution < -0.4 is 5.32 Å². The van der Waals surface area contributed by atoms with Crippen molar-refractivity contribution in [3.63, 3.8) is 0 Å². The number of pyridine rings is 1. The van der Waals surface area contributed by atoms with E-state index in [-0.39, 0.29) is 5.95 Å². The van der Waals surface area contributed by atoms with Gasteiger partial charge in [0.1, 0.15) is 5.82 Å². The highest BCUT2D eigenvalue weighted by Gasteiger charge is 2.17. The van der Waals surface area contributed by atoms with Gasteiger partial charge >= 0.3 is 0 Å². The quantitative estimate of drug-likeness (QED) is 0.845. The maximum absolute atomic E-state index is 13.4. The Kier molecular flexibility index (Phi) is 4.25. The number of carbonyl (C=O) groups excluding carboxylic acids is 1. The predicted octanol–water partition coefficient (Wildman–Crippen LogP) is 0.245. The molecule has 0 aromatic carbocycles. The second-order valence-electron chi connectivity index (χ2n) is 3.66. The van der Waals surface area contributed by atoms with Crippen LogP contribution in [0.1, 0.15) is 10.5 Å². The molecule has 0 atom stereocenters. The molecule has 0 aliphatic rings. The molecular formula is C10H10F2N6O2. The average molecular weight is 284 g/mol. The van der Waals surface area contributed by atoms with E-state index in [0.717, 1.165) is 6.20 Å². The molecule has 2 rings (SSSR count). The molecule has 2 aromatic rings. The highest BCUT2D eigenvalue weighted by Crippen LogP contribution is 2.08. The predicted molar refractivity (Wildman–Crippen MR) is 61.8 cm³/mol. The zero-order valence-corrected chi connectivity index (χ0v) is 10.4. The Morgan fingerprint density at radius 1 is 1.50 bits per heavy atom. The molecule has 2 heterocycles. The van der Waals surface area contributed by atoms with Gasteiger partial charge in [-0.25, -0.2) is 18.4 Å². The molecule has 0 aliphatic carbocycles. The van der Waals surface area contributed by atoms with Crippen LogP contribution in [0, 0.1) is 11.6 Å². The van der Waals surface area contributed by atoms with Crippen molar-refractivity contribution in [3.05, 3.63) is 29.6 Å².